The highest BCUT2D eigenvalue weighted by Crippen LogP contribution is 2.40. The van der Waals surface area contributed by atoms with Gasteiger partial charge in [0.15, 0.2) is 10.3 Å². The fourth-order valence-electron chi connectivity index (χ4n) is 3.86. The molecule has 7 nitrogen and oxygen atoms in total. The van der Waals surface area contributed by atoms with Crippen molar-refractivity contribution in [1.82, 2.24) is 19.7 Å². The summed E-state index contributed by atoms with van der Waals surface area (Å²) in [6, 6.07) is 6.29. The second-order valence-corrected chi connectivity index (χ2v) is 10.3. The number of anilines is 1. The van der Waals surface area contributed by atoms with E-state index < -0.39 is 0 Å². The topological polar surface area (TPSA) is 81.9 Å². The van der Waals surface area contributed by atoms with E-state index >= 15 is 0 Å². The maximum Gasteiger partial charge on any atom is 0.236 e. The lowest BCUT2D eigenvalue weighted by molar-refractivity contribution is -0.113. The van der Waals surface area contributed by atoms with Crippen molar-refractivity contribution >= 4 is 34.1 Å². The summed E-state index contributed by atoms with van der Waals surface area (Å²) >= 11 is 2.87. The van der Waals surface area contributed by atoms with Crippen LogP contribution in [0.25, 0.3) is 11.3 Å². The van der Waals surface area contributed by atoms with Gasteiger partial charge in [0.05, 0.1) is 24.1 Å². The van der Waals surface area contributed by atoms with Crippen molar-refractivity contribution in [2.45, 2.75) is 63.3 Å². The molecule has 0 spiro atoms. The standard InChI is InChI=1S/C23H27N5O2S2/c1-14-5-6-17(10-15(14)2)19-12-31-22(24-19)25-20(29)13-32-23-27-26-21(16-7-8-16)28(23)11-18-4-3-9-30-18/h5-6,10,12,16,18H,3-4,7-9,11,13H2,1-2H3,(H,24,25,29). The van der Waals surface area contributed by atoms with Gasteiger partial charge in [-0.25, -0.2) is 4.98 Å². The maximum absolute atomic E-state index is 12.6. The monoisotopic (exact) mass is 469 g/mol. The normalized spacial score (nSPS) is 18.2. The minimum absolute atomic E-state index is 0.0874. The summed E-state index contributed by atoms with van der Waals surface area (Å²) in [6.45, 7) is 5.79. The summed E-state index contributed by atoms with van der Waals surface area (Å²) < 4.78 is 8.00. The number of aryl methyl sites for hydroxylation is 2. The van der Waals surface area contributed by atoms with E-state index in [1.54, 1.807) is 0 Å². The number of thiazole rings is 1. The Morgan fingerprint density at radius 3 is 2.88 bits per heavy atom. The smallest absolute Gasteiger partial charge is 0.236 e. The van der Waals surface area contributed by atoms with Gasteiger partial charge >= 0.3 is 0 Å². The van der Waals surface area contributed by atoms with Crippen LogP contribution in [0.15, 0.2) is 28.7 Å². The third kappa shape index (κ3) is 4.89. The van der Waals surface area contributed by atoms with Crippen LogP contribution in [0, 0.1) is 13.8 Å². The van der Waals surface area contributed by atoms with E-state index in [2.05, 4.69) is 57.1 Å². The van der Waals surface area contributed by atoms with E-state index in [1.165, 1.54) is 47.1 Å². The highest BCUT2D eigenvalue weighted by Gasteiger charge is 2.32. The molecule has 1 aliphatic carbocycles. The molecule has 1 atom stereocenters. The van der Waals surface area contributed by atoms with Crippen LogP contribution in [-0.2, 0) is 16.1 Å². The number of hydrogen-bond donors (Lipinski definition) is 1. The molecule has 1 saturated carbocycles. The van der Waals surface area contributed by atoms with Gasteiger partial charge in [0.1, 0.15) is 5.82 Å². The van der Waals surface area contributed by atoms with Gasteiger partial charge in [0.2, 0.25) is 5.91 Å². The van der Waals surface area contributed by atoms with Crippen LogP contribution in [-0.4, -0.2) is 44.1 Å². The molecule has 2 aliphatic rings. The second-order valence-electron chi connectivity index (χ2n) is 8.53. The minimum atomic E-state index is -0.0874. The Morgan fingerprint density at radius 1 is 1.25 bits per heavy atom. The highest BCUT2D eigenvalue weighted by atomic mass is 32.2. The van der Waals surface area contributed by atoms with Gasteiger partial charge in [-0.15, -0.1) is 21.5 Å². The number of hydrogen-bond acceptors (Lipinski definition) is 7. The Balaban J connectivity index is 1.21. The first-order valence-electron chi connectivity index (χ1n) is 11.1. The molecule has 1 unspecified atom stereocenters. The zero-order valence-electron chi connectivity index (χ0n) is 18.3. The van der Waals surface area contributed by atoms with E-state index in [0.717, 1.165) is 48.2 Å². The van der Waals surface area contributed by atoms with Crippen molar-refractivity contribution in [3.8, 4) is 11.3 Å². The maximum atomic E-state index is 12.6. The molecule has 3 heterocycles. The predicted molar refractivity (Wildman–Crippen MR) is 127 cm³/mol. The summed E-state index contributed by atoms with van der Waals surface area (Å²) in [4.78, 5) is 17.2. The van der Waals surface area contributed by atoms with E-state index in [-0.39, 0.29) is 17.8 Å². The number of nitrogens with zero attached hydrogens (tertiary/aromatic N) is 4. The van der Waals surface area contributed by atoms with Crippen molar-refractivity contribution < 1.29 is 9.53 Å². The molecular weight excluding hydrogens is 442 g/mol. The predicted octanol–water partition coefficient (Wildman–Crippen LogP) is 4.81. The van der Waals surface area contributed by atoms with Crippen molar-refractivity contribution in [3.63, 3.8) is 0 Å². The van der Waals surface area contributed by atoms with E-state index in [9.17, 15) is 4.79 Å². The zero-order valence-corrected chi connectivity index (χ0v) is 20.0. The first kappa shape index (κ1) is 21.6. The van der Waals surface area contributed by atoms with Crippen molar-refractivity contribution in [1.29, 1.82) is 0 Å². The molecule has 168 valence electrons. The number of benzene rings is 1. The van der Waals surface area contributed by atoms with E-state index in [1.807, 2.05) is 5.38 Å². The lowest BCUT2D eigenvalue weighted by Gasteiger charge is -2.14. The van der Waals surface area contributed by atoms with Crippen LogP contribution in [0.1, 0.15) is 48.6 Å². The number of ether oxygens (including phenoxy) is 1. The van der Waals surface area contributed by atoms with Gasteiger partial charge in [-0.1, -0.05) is 23.9 Å². The van der Waals surface area contributed by atoms with Crippen LogP contribution in [0.4, 0.5) is 5.13 Å². The molecule has 9 heteroatoms. The lowest BCUT2D eigenvalue weighted by Crippen LogP contribution is -2.19. The minimum Gasteiger partial charge on any atom is -0.376 e. The van der Waals surface area contributed by atoms with Crippen LogP contribution < -0.4 is 5.32 Å². The summed E-state index contributed by atoms with van der Waals surface area (Å²) in [6.07, 6.45) is 4.73. The number of carbonyl (C=O) groups excluding carboxylic acids is 1. The van der Waals surface area contributed by atoms with Gasteiger partial charge in [-0.2, -0.15) is 0 Å². The van der Waals surface area contributed by atoms with Crippen molar-refractivity contribution in [2.75, 3.05) is 17.7 Å². The number of amides is 1. The van der Waals surface area contributed by atoms with Crippen molar-refractivity contribution in [3.05, 3.63) is 40.5 Å². The summed E-state index contributed by atoms with van der Waals surface area (Å²) in [5.41, 5.74) is 4.43. The molecule has 3 aromatic rings. The lowest BCUT2D eigenvalue weighted by atomic mass is 10.1. The third-order valence-corrected chi connectivity index (χ3v) is 7.71. The fourth-order valence-corrected chi connectivity index (χ4v) is 5.35. The molecule has 1 aliphatic heterocycles. The van der Waals surface area contributed by atoms with E-state index in [4.69, 9.17) is 4.74 Å². The largest absolute Gasteiger partial charge is 0.376 e. The average Bonchev–Trinajstić information content (AvgIpc) is 3.15. The number of thioether (sulfide) groups is 1. The van der Waals surface area contributed by atoms with Crippen LogP contribution in [0.5, 0.6) is 0 Å². The van der Waals surface area contributed by atoms with Crippen LogP contribution in [0.3, 0.4) is 0 Å². The first-order chi connectivity index (χ1) is 15.6. The van der Waals surface area contributed by atoms with Gasteiger partial charge in [-0.3, -0.25) is 4.79 Å². The third-order valence-electron chi connectivity index (χ3n) is 5.98. The second kappa shape index (κ2) is 9.33. The molecule has 32 heavy (non-hydrogen) atoms. The average molecular weight is 470 g/mol. The summed E-state index contributed by atoms with van der Waals surface area (Å²) in [5, 5.41) is 15.1. The molecule has 2 fully saturated rings. The Hall–Kier alpha value is -2.23. The molecular formula is C23H27N5O2S2. The van der Waals surface area contributed by atoms with Crippen molar-refractivity contribution in [2.24, 2.45) is 0 Å². The molecule has 2 aromatic heterocycles. The Kier molecular flexibility index (Phi) is 6.30. The molecule has 1 amide bonds. The van der Waals surface area contributed by atoms with Gasteiger partial charge in [0.25, 0.3) is 0 Å². The number of carbonyl (C=O) groups is 1. The zero-order chi connectivity index (χ0) is 22.1. The SMILES string of the molecule is Cc1ccc(-c2csc(NC(=O)CSc3nnc(C4CC4)n3CC3CCCO3)n2)cc1C. The van der Waals surface area contributed by atoms with Crippen LogP contribution in [0.2, 0.25) is 0 Å². The highest BCUT2D eigenvalue weighted by molar-refractivity contribution is 7.99. The first-order valence-corrected chi connectivity index (χ1v) is 12.9. The summed E-state index contributed by atoms with van der Waals surface area (Å²) in [7, 11) is 0. The van der Waals surface area contributed by atoms with Crippen LogP contribution >= 0.6 is 23.1 Å². The molecule has 0 radical (unpaired) electrons. The Bertz CT molecular complexity index is 1120. The molecule has 5 rings (SSSR count). The quantitative estimate of drug-likeness (QED) is 0.477. The van der Waals surface area contributed by atoms with E-state index in [0.29, 0.717) is 11.0 Å². The van der Waals surface area contributed by atoms with Gasteiger partial charge in [0, 0.05) is 23.5 Å². The Labute approximate surface area is 196 Å². The molecule has 1 aromatic carbocycles. The Morgan fingerprint density at radius 2 is 2.12 bits per heavy atom. The number of rotatable bonds is 8. The number of nitrogens with one attached hydrogen (secondary N) is 1. The molecule has 1 N–H and O–H groups in total. The molecule has 0 bridgehead atoms. The summed E-state index contributed by atoms with van der Waals surface area (Å²) in [5.74, 6) is 1.73. The van der Waals surface area contributed by atoms with Gasteiger partial charge < -0.3 is 14.6 Å². The molecule has 1 saturated heterocycles. The number of aromatic nitrogens is 4. The van der Waals surface area contributed by atoms with Gasteiger partial charge in [-0.05, 0) is 56.7 Å². The fraction of sp³-hybridized carbons (Fsp3) is 0.478.